The lowest BCUT2D eigenvalue weighted by atomic mass is 9.84. The summed E-state index contributed by atoms with van der Waals surface area (Å²) in [5, 5.41) is 4.41. The molecule has 0 unspecified atom stereocenters. The van der Waals surface area contributed by atoms with E-state index in [1.807, 2.05) is 20.3 Å². The molecule has 0 radical (unpaired) electrons. The molecule has 6 heteroatoms. The third kappa shape index (κ3) is 3.91. The number of carbonyl (C=O) groups is 1. The van der Waals surface area contributed by atoms with E-state index < -0.39 is 0 Å². The fourth-order valence-corrected chi connectivity index (χ4v) is 4.51. The van der Waals surface area contributed by atoms with Gasteiger partial charge in [0.2, 0.25) is 5.91 Å². The van der Waals surface area contributed by atoms with Crippen LogP contribution < -0.4 is 10.2 Å². The Morgan fingerprint density at radius 2 is 2.17 bits per heavy atom. The molecule has 5 nitrogen and oxygen atoms in total. The summed E-state index contributed by atoms with van der Waals surface area (Å²) in [5.41, 5.74) is 0. The highest BCUT2D eigenvalue weighted by atomic mass is 32.1. The minimum atomic E-state index is 0.274. The molecule has 1 aromatic heterocycles. The van der Waals surface area contributed by atoms with Gasteiger partial charge in [0.15, 0.2) is 5.13 Å². The Morgan fingerprint density at radius 3 is 2.71 bits per heavy atom. The van der Waals surface area contributed by atoms with Gasteiger partial charge in [-0.1, -0.05) is 20.3 Å². The van der Waals surface area contributed by atoms with Crippen LogP contribution in [-0.4, -0.2) is 49.0 Å². The first-order valence-electron chi connectivity index (χ1n) is 9.08. The molecule has 2 aliphatic rings. The van der Waals surface area contributed by atoms with Crippen LogP contribution in [0.5, 0.6) is 0 Å². The Hall–Kier alpha value is -1.14. The molecule has 1 amide bonds. The SMILES string of the molecule is CC(C)[C@H]1CN(Cc2cnc(N(C)C)s2)C[C@@H]1NC(=O)C1CCC1. The van der Waals surface area contributed by atoms with Gasteiger partial charge in [0.05, 0.1) is 0 Å². The summed E-state index contributed by atoms with van der Waals surface area (Å²) in [6.07, 6.45) is 5.35. The van der Waals surface area contributed by atoms with Gasteiger partial charge in [0, 0.05) is 56.8 Å². The molecule has 1 aromatic rings. The predicted molar refractivity (Wildman–Crippen MR) is 99.3 cm³/mol. The molecule has 3 rings (SSSR count). The molecule has 134 valence electrons. The zero-order valence-corrected chi connectivity index (χ0v) is 16.1. The van der Waals surface area contributed by atoms with Crippen molar-refractivity contribution in [2.75, 3.05) is 32.1 Å². The van der Waals surface area contributed by atoms with Crippen molar-refractivity contribution in [2.24, 2.45) is 17.8 Å². The van der Waals surface area contributed by atoms with E-state index in [-0.39, 0.29) is 11.8 Å². The summed E-state index contributed by atoms with van der Waals surface area (Å²) in [5.74, 6) is 1.68. The van der Waals surface area contributed by atoms with Crippen LogP contribution in [0.1, 0.15) is 38.0 Å². The van der Waals surface area contributed by atoms with E-state index in [1.54, 1.807) is 11.3 Å². The molecule has 24 heavy (non-hydrogen) atoms. The molecule has 0 spiro atoms. The van der Waals surface area contributed by atoms with Crippen LogP contribution >= 0.6 is 11.3 Å². The average molecular weight is 351 g/mol. The van der Waals surface area contributed by atoms with Crippen LogP contribution in [0, 0.1) is 17.8 Å². The second-order valence-electron chi connectivity index (χ2n) is 7.85. The van der Waals surface area contributed by atoms with E-state index in [0.717, 1.165) is 37.6 Å². The van der Waals surface area contributed by atoms with Crippen molar-refractivity contribution in [3.63, 3.8) is 0 Å². The summed E-state index contributed by atoms with van der Waals surface area (Å²) in [6.45, 7) is 7.49. The Morgan fingerprint density at radius 1 is 1.42 bits per heavy atom. The molecular formula is C18H30N4OS. The van der Waals surface area contributed by atoms with Crippen LogP contribution in [0.25, 0.3) is 0 Å². The summed E-state index contributed by atoms with van der Waals surface area (Å²) < 4.78 is 0. The summed E-state index contributed by atoms with van der Waals surface area (Å²) in [6, 6.07) is 0.291. The minimum Gasteiger partial charge on any atom is -0.354 e. The highest BCUT2D eigenvalue weighted by Crippen LogP contribution is 2.30. The highest BCUT2D eigenvalue weighted by Gasteiger charge is 2.37. The molecule has 1 aliphatic heterocycles. The second kappa shape index (κ2) is 7.40. The highest BCUT2D eigenvalue weighted by molar-refractivity contribution is 7.15. The van der Waals surface area contributed by atoms with Gasteiger partial charge in [0.1, 0.15) is 0 Å². The standard InChI is InChI=1S/C18H30N4OS/c1-12(2)15-10-22(9-14-8-19-18(24-14)21(3)4)11-16(15)20-17(23)13-6-5-7-13/h8,12-13,15-16H,5-7,9-11H2,1-4H3,(H,20,23)/t15-,16+/m1/s1. The molecular weight excluding hydrogens is 320 g/mol. The number of likely N-dealkylation sites (tertiary alicyclic amines) is 1. The quantitative estimate of drug-likeness (QED) is 0.857. The number of nitrogens with one attached hydrogen (secondary N) is 1. The van der Waals surface area contributed by atoms with E-state index in [2.05, 4.69) is 33.9 Å². The van der Waals surface area contributed by atoms with Gasteiger partial charge < -0.3 is 10.2 Å². The van der Waals surface area contributed by atoms with E-state index in [1.165, 1.54) is 11.3 Å². The van der Waals surface area contributed by atoms with E-state index >= 15 is 0 Å². The molecule has 2 heterocycles. The lowest BCUT2D eigenvalue weighted by Crippen LogP contribution is -2.45. The number of rotatable bonds is 6. The number of amides is 1. The maximum Gasteiger partial charge on any atom is 0.223 e. The molecule has 1 N–H and O–H groups in total. The molecule has 2 fully saturated rings. The average Bonchev–Trinajstić information content (AvgIpc) is 3.04. The van der Waals surface area contributed by atoms with Crippen molar-refractivity contribution in [1.82, 2.24) is 15.2 Å². The predicted octanol–water partition coefficient (Wildman–Crippen LogP) is 2.58. The number of hydrogen-bond donors (Lipinski definition) is 1. The molecule has 1 saturated heterocycles. The summed E-state index contributed by atoms with van der Waals surface area (Å²) in [7, 11) is 4.05. The maximum atomic E-state index is 12.3. The van der Waals surface area contributed by atoms with Crippen molar-refractivity contribution < 1.29 is 4.79 Å². The normalized spacial score (nSPS) is 25.0. The van der Waals surface area contributed by atoms with Crippen molar-refractivity contribution >= 4 is 22.4 Å². The fourth-order valence-electron chi connectivity index (χ4n) is 3.64. The number of aromatic nitrogens is 1. The zero-order chi connectivity index (χ0) is 17.3. The van der Waals surface area contributed by atoms with Gasteiger partial charge in [-0.25, -0.2) is 4.98 Å². The van der Waals surface area contributed by atoms with E-state index in [4.69, 9.17) is 0 Å². The lowest BCUT2D eigenvalue weighted by molar-refractivity contribution is -0.128. The largest absolute Gasteiger partial charge is 0.354 e. The monoisotopic (exact) mass is 350 g/mol. The fraction of sp³-hybridized carbons (Fsp3) is 0.778. The first-order valence-corrected chi connectivity index (χ1v) is 9.90. The van der Waals surface area contributed by atoms with Crippen LogP contribution in [-0.2, 0) is 11.3 Å². The smallest absolute Gasteiger partial charge is 0.223 e. The number of hydrogen-bond acceptors (Lipinski definition) is 5. The lowest BCUT2D eigenvalue weighted by Gasteiger charge is -2.29. The topological polar surface area (TPSA) is 48.5 Å². The Kier molecular flexibility index (Phi) is 5.45. The third-order valence-corrected chi connectivity index (χ3v) is 6.55. The first kappa shape index (κ1) is 17.7. The number of nitrogens with zero attached hydrogens (tertiary/aromatic N) is 3. The molecule has 0 aromatic carbocycles. The maximum absolute atomic E-state index is 12.3. The number of anilines is 1. The Labute approximate surface area is 149 Å². The molecule has 1 aliphatic carbocycles. The summed E-state index contributed by atoms with van der Waals surface area (Å²) in [4.78, 5) is 22.6. The van der Waals surface area contributed by atoms with Gasteiger partial charge in [-0.15, -0.1) is 11.3 Å². The van der Waals surface area contributed by atoms with Gasteiger partial charge in [0.25, 0.3) is 0 Å². The van der Waals surface area contributed by atoms with Gasteiger partial charge in [-0.05, 0) is 24.7 Å². The Bertz CT molecular complexity index is 567. The van der Waals surface area contributed by atoms with Crippen molar-refractivity contribution in [3.8, 4) is 0 Å². The van der Waals surface area contributed by atoms with Crippen LogP contribution in [0.15, 0.2) is 6.20 Å². The van der Waals surface area contributed by atoms with Crippen LogP contribution in [0.2, 0.25) is 0 Å². The molecule has 2 atom stereocenters. The molecule has 0 bridgehead atoms. The van der Waals surface area contributed by atoms with Crippen LogP contribution in [0.3, 0.4) is 0 Å². The van der Waals surface area contributed by atoms with Crippen molar-refractivity contribution in [1.29, 1.82) is 0 Å². The van der Waals surface area contributed by atoms with Crippen LogP contribution in [0.4, 0.5) is 5.13 Å². The zero-order valence-electron chi connectivity index (χ0n) is 15.3. The molecule has 1 saturated carbocycles. The number of carbonyl (C=O) groups excluding carboxylic acids is 1. The Balaban J connectivity index is 1.59. The van der Waals surface area contributed by atoms with Gasteiger partial charge in [-0.3, -0.25) is 9.69 Å². The second-order valence-corrected chi connectivity index (χ2v) is 8.94. The minimum absolute atomic E-state index is 0.274. The number of thiazole rings is 1. The van der Waals surface area contributed by atoms with E-state index in [9.17, 15) is 4.79 Å². The third-order valence-electron chi connectivity index (χ3n) is 5.40. The van der Waals surface area contributed by atoms with Crippen molar-refractivity contribution in [2.45, 2.75) is 45.7 Å². The van der Waals surface area contributed by atoms with Gasteiger partial charge in [-0.2, -0.15) is 0 Å². The summed E-state index contributed by atoms with van der Waals surface area (Å²) >= 11 is 1.76. The first-order chi connectivity index (χ1) is 11.4. The van der Waals surface area contributed by atoms with Crippen molar-refractivity contribution in [3.05, 3.63) is 11.1 Å². The van der Waals surface area contributed by atoms with E-state index in [0.29, 0.717) is 17.9 Å². The van der Waals surface area contributed by atoms with Gasteiger partial charge >= 0.3 is 0 Å².